The van der Waals surface area contributed by atoms with Crippen molar-refractivity contribution in [3.8, 4) is 0 Å². The van der Waals surface area contributed by atoms with Crippen LogP contribution in [0.3, 0.4) is 0 Å². The van der Waals surface area contributed by atoms with Crippen LogP contribution in [0.15, 0.2) is 34.0 Å². The lowest BCUT2D eigenvalue weighted by atomic mass is 10.1. The van der Waals surface area contributed by atoms with Crippen LogP contribution in [0.5, 0.6) is 0 Å². The summed E-state index contributed by atoms with van der Waals surface area (Å²) in [6.45, 7) is 13.0. The topological polar surface area (TPSA) is 65.8 Å². The Balaban J connectivity index is 2.80. The molecule has 1 saturated heterocycles. The summed E-state index contributed by atoms with van der Waals surface area (Å²) in [7, 11) is 0. The molecule has 5 heteroatoms. The van der Waals surface area contributed by atoms with Crippen molar-refractivity contribution in [1.29, 1.82) is 0 Å². The summed E-state index contributed by atoms with van der Waals surface area (Å²) >= 11 is 0. The first-order chi connectivity index (χ1) is 9.95. The number of piperidine rings is 1. The molecule has 5 nitrogen and oxygen atoms in total. The second-order valence-electron chi connectivity index (χ2n) is 5.44. The van der Waals surface area contributed by atoms with Crippen molar-refractivity contribution in [2.24, 2.45) is 9.98 Å². The molecular formula is C16H26N4O. The van der Waals surface area contributed by atoms with Gasteiger partial charge in [-0.3, -0.25) is 9.79 Å². The highest BCUT2D eigenvalue weighted by molar-refractivity contribution is 6.38. The highest BCUT2D eigenvalue weighted by Gasteiger charge is 2.17. The van der Waals surface area contributed by atoms with E-state index in [9.17, 15) is 4.79 Å². The van der Waals surface area contributed by atoms with E-state index in [0.29, 0.717) is 5.71 Å². The maximum absolute atomic E-state index is 12.2. The number of carbonyl (C=O) groups excluding carboxylic acids is 1. The molecule has 0 atom stereocenters. The third-order valence-electron chi connectivity index (χ3n) is 3.38. The van der Waals surface area contributed by atoms with Crippen molar-refractivity contribution < 1.29 is 4.79 Å². The van der Waals surface area contributed by atoms with Gasteiger partial charge in [-0.25, -0.2) is 4.99 Å². The monoisotopic (exact) mass is 290 g/mol. The van der Waals surface area contributed by atoms with E-state index in [1.807, 2.05) is 20.8 Å². The third kappa shape index (κ3) is 5.63. The Labute approximate surface area is 127 Å². The van der Waals surface area contributed by atoms with E-state index >= 15 is 0 Å². The molecular weight excluding hydrogens is 264 g/mol. The van der Waals surface area contributed by atoms with Gasteiger partial charge < -0.3 is 10.6 Å². The average Bonchev–Trinajstić information content (AvgIpc) is 2.45. The Morgan fingerprint density at radius 1 is 1.19 bits per heavy atom. The largest absolute Gasteiger partial charge is 0.348 e. The minimum absolute atomic E-state index is 0.105. The Morgan fingerprint density at radius 3 is 2.33 bits per heavy atom. The molecule has 21 heavy (non-hydrogen) atoms. The summed E-state index contributed by atoms with van der Waals surface area (Å²) in [4.78, 5) is 20.8. The van der Waals surface area contributed by atoms with Gasteiger partial charge in [-0.1, -0.05) is 6.58 Å². The van der Waals surface area contributed by atoms with Gasteiger partial charge in [0.05, 0.1) is 11.4 Å². The number of carbonyl (C=O) groups is 1. The first-order valence-corrected chi connectivity index (χ1v) is 7.35. The quantitative estimate of drug-likeness (QED) is 0.762. The molecule has 1 amide bonds. The van der Waals surface area contributed by atoms with Gasteiger partial charge >= 0.3 is 0 Å². The molecule has 0 saturated carbocycles. The van der Waals surface area contributed by atoms with E-state index < -0.39 is 0 Å². The van der Waals surface area contributed by atoms with Gasteiger partial charge in [0, 0.05) is 12.2 Å². The summed E-state index contributed by atoms with van der Waals surface area (Å²) in [5, 5.41) is 6.32. The van der Waals surface area contributed by atoms with E-state index in [4.69, 9.17) is 0 Å². The van der Waals surface area contributed by atoms with Crippen molar-refractivity contribution in [3.05, 3.63) is 24.0 Å². The number of aliphatic imine (C=N–C) groups is 2. The van der Waals surface area contributed by atoms with Crippen LogP contribution in [0.25, 0.3) is 0 Å². The Kier molecular flexibility index (Phi) is 7.02. The van der Waals surface area contributed by atoms with Crippen molar-refractivity contribution >= 4 is 17.3 Å². The molecule has 1 aliphatic heterocycles. The molecule has 0 aromatic rings. The summed E-state index contributed by atoms with van der Waals surface area (Å²) in [5.74, 6) is -0.105. The molecule has 1 fully saturated rings. The van der Waals surface area contributed by atoms with Crippen LogP contribution in [-0.2, 0) is 4.79 Å². The number of amides is 1. The first-order valence-electron chi connectivity index (χ1n) is 7.35. The van der Waals surface area contributed by atoms with Crippen LogP contribution in [0.4, 0.5) is 0 Å². The van der Waals surface area contributed by atoms with Crippen molar-refractivity contribution in [1.82, 2.24) is 10.6 Å². The molecule has 0 aliphatic carbocycles. The summed E-state index contributed by atoms with van der Waals surface area (Å²) in [5.41, 5.74) is 2.99. The number of hydrogen-bond donors (Lipinski definition) is 2. The molecule has 0 aromatic carbocycles. The highest BCUT2D eigenvalue weighted by Crippen LogP contribution is 2.09. The predicted octanol–water partition coefficient (Wildman–Crippen LogP) is 2.21. The number of hydrogen-bond acceptors (Lipinski definition) is 4. The predicted molar refractivity (Wildman–Crippen MR) is 88.8 cm³/mol. The maximum Gasteiger partial charge on any atom is 0.265 e. The minimum atomic E-state index is -0.105. The van der Waals surface area contributed by atoms with Crippen LogP contribution < -0.4 is 10.6 Å². The van der Waals surface area contributed by atoms with Crippen LogP contribution in [0.2, 0.25) is 0 Å². The van der Waals surface area contributed by atoms with E-state index in [0.717, 1.165) is 42.9 Å². The first kappa shape index (κ1) is 17.3. The van der Waals surface area contributed by atoms with Crippen molar-refractivity contribution in [3.63, 3.8) is 0 Å². The molecule has 1 heterocycles. The number of rotatable bonds is 5. The summed E-state index contributed by atoms with van der Waals surface area (Å²) < 4.78 is 0. The Morgan fingerprint density at radius 2 is 1.81 bits per heavy atom. The highest BCUT2D eigenvalue weighted by atomic mass is 16.1. The number of nitrogens with zero attached hydrogens (tertiary/aromatic N) is 2. The van der Waals surface area contributed by atoms with E-state index in [-0.39, 0.29) is 11.9 Å². The van der Waals surface area contributed by atoms with Gasteiger partial charge in [0.1, 0.15) is 5.71 Å². The summed E-state index contributed by atoms with van der Waals surface area (Å²) in [6, 6.07) is 0.238. The van der Waals surface area contributed by atoms with E-state index in [2.05, 4.69) is 27.2 Å². The van der Waals surface area contributed by atoms with Crippen molar-refractivity contribution in [2.45, 2.75) is 46.6 Å². The lowest BCUT2D eigenvalue weighted by Gasteiger charge is -2.23. The minimum Gasteiger partial charge on any atom is -0.348 e. The fourth-order valence-corrected chi connectivity index (χ4v) is 2.23. The summed E-state index contributed by atoms with van der Waals surface area (Å²) in [6.07, 6.45) is 3.41. The molecule has 0 spiro atoms. The zero-order valence-corrected chi connectivity index (χ0v) is 13.5. The van der Waals surface area contributed by atoms with Gasteiger partial charge in [0.2, 0.25) is 0 Å². The fraction of sp³-hybridized carbons (Fsp3) is 0.562. The van der Waals surface area contributed by atoms with Crippen LogP contribution in [0, 0.1) is 0 Å². The second kappa shape index (κ2) is 8.52. The lowest BCUT2D eigenvalue weighted by Crippen LogP contribution is -2.44. The van der Waals surface area contributed by atoms with Gasteiger partial charge in [0.25, 0.3) is 5.91 Å². The Bertz CT molecular complexity index is 479. The molecule has 1 aliphatic rings. The van der Waals surface area contributed by atoms with E-state index in [1.165, 1.54) is 6.20 Å². The van der Waals surface area contributed by atoms with Crippen molar-refractivity contribution in [2.75, 3.05) is 13.1 Å². The molecule has 0 radical (unpaired) electrons. The normalized spacial score (nSPS) is 17.3. The van der Waals surface area contributed by atoms with Gasteiger partial charge in [-0.15, -0.1) is 0 Å². The lowest BCUT2D eigenvalue weighted by molar-refractivity contribution is -0.115. The second-order valence-corrected chi connectivity index (χ2v) is 5.44. The third-order valence-corrected chi connectivity index (χ3v) is 3.38. The van der Waals surface area contributed by atoms with E-state index in [1.54, 1.807) is 6.92 Å². The zero-order chi connectivity index (χ0) is 15.8. The van der Waals surface area contributed by atoms with Gasteiger partial charge in [-0.2, -0.15) is 0 Å². The molecule has 2 N–H and O–H groups in total. The van der Waals surface area contributed by atoms with Crippen LogP contribution in [0.1, 0.15) is 40.5 Å². The number of allylic oxidation sites excluding steroid dienone is 2. The van der Waals surface area contributed by atoms with Crippen LogP contribution in [-0.4, -0.2) is 36.5 Å². The van der Waals surface area contributed by atoms with Crippen LogP contribution >= 0.6 is 0 Å². The fourth-order valence-electron chi connectivity index (χ4n) is 2.23. The molecule has 0 unspecified atom stereocenters. The molecule has 0 bridgehead atoms. The van der Waals surface area contributed by atoms with Gasteiger partial charge in [0.15, 0.2) is 0 Å². The smallest absolute Gasteiger partial charge is 0.265 e. The van der Waals surface area contributed by atoms with Gasteiger partial charge in [-0.05, 0) is 59.2 Å². The average molecular weight is 290 g/mol. The standard InChI is InChI=1S/C16H26N4O/c1-6-18-12(4)15(11(2)3)19-13(5)16(21)20-14-7-9-17-10-8-14/h6,14,17H,1,7-10H2,2-5H3,(H,20,21). The SMILES string of the molecule is C=CN=C(C)C(N=C(C)C(=O)NC1CCNCC1)=C(C)C. The number of nitrogens with one attached hydrogen (secondary N) is 2. The molecule has 116 valence electrons. The molecule has 0 aromatic heterocycles. The zero-order valence-electron chi connectivity index (χ0n) is 13.5. The maximum atomic E-state index is 12.2. The molecule has 1 rings (SSSR count). The Hall–Kier alpha value is -1.75.